The number of anilines is 1. The van der Waals surface area contributed by atoms with E-state index in [1.165, 1.54) is 5.56 Å². The predicted octanol–water partition coefficient (Wildman–Crippen LogP) is 6.79. The molecular weight excluding hydrogens is 438 g/mol. The summed E-state index contributed by atoms with van der Waals surface area (Å²) in [5.41, 5.74) is 5.07. The van der Waals surface area contributed by atoms with Crippen molar-refractivity contribution in [3.05, 3.63) is 107 Å². The van der Waals surface area contributed by atoms with Crippen molar-refractivity contribution in [2.75, 3.05) is 4.90 Å². The van der Waals surface area contributed by atoms with Gasteiger partial charge in [0.15, 0.2) is 5.11 Å². The molecule has 1 aliphatic heterocycles. The van der Waals surface area contributed by atoms with Gasteiger partial charge in [0.25, 0.3) is 0 Å². The maximum absolute atomic E-state index is 6.44. The number of furan rings is 1. The predicted molar refractivity (Wildman–Crippen MR) is 133 cm³/mol. The van der Waals surface area contributed by atoms with Crippen molar-refractivity contribution in [1.29, 1.82) is 0 Å². The first-order valence-corrected chi connectivity index (χ1v) is 11.2. The molecule has 32 heavy (non-hydrogen) atoms. The normalized spacial score (nSPS) is 18.1. The molecule has 0 radical (unpaired) electrons. The highest BCUT2D eigenvalue weighted by Crippen LogP contribution is 2.43. The zero-order chi connectivity index (χ0) is 22.2. The van der Waals surface area contributed by atoms with Gasteiger partial charge >= 0.3 is 0 Å². The minimum atomic E-state index is -0.188. The van der Waals surface area contributed by atoms with Gasteiger partial charge in [0.05, 0.1) is 11.7 Å². The fourth-order valence-electron chi connectivity index (χ4n) is 4.23. The van der Waals surface area contributed by atoms with Crippen LogP contribution in [0.5, 0.6) is 0 Å². The second-order valence-electron chi connectivity index (χ2n) is 7.95. The third-order valence-electron chi connectivity index (χ3n) is 5.83. The molecule has 5 rings (SSSR count). The molecule has 4 nitrogen and oxygen atoms in total. The highest BCUT2D eigenvalue weighted by atomic mass is 35.5. The van der Waals surface area contributed by atoms with Gasteiger partial charge in [0.1, 0.15) is 17.6 Å². The topological polar surface area (TPSA) is 41.3 Å². The average molecular weight is 460 g/mol. The van der Waals surface area contributed by atoms with Gasteiger partial charge in [0, 0.05) is 22.5 Å². The van der Waals surface area contributed by atoms with Gasteiger partial charge in [-0.2, -0.15) is 0 Å². The van der Waals surface area contributed by atoms with Crippen molar-refractivity contribution in [2.45, 2.75) is 25.9 Å². The standard InChI is InChI=1S/C26H22ClN3OS/c1-16-7-5-8-18(15-16)30-25(24(29-26(30)32)21-11-3-4-14-28-21)23-13-12-22(31-23)19-9-6-10-20(27)17(19)2/h3-15,24-25H,1-2H3,(H,29,32)/t24-,25+/m1/s1. The van der Waals surface area contributed by atoms with Crippen molar-refractivity contribution in [2.24, 2.45) is 0 Å². The monoisotopic (exact) mass is 459 g/mol. The summed E-state index contributed by atoms with van der Waals surface area (Å²) in [6.07, 6.45) is 1.80. The molecule has 3 heterocycles. The number of aryl methyl sites for hydroxylation is 1. The van der Waals surface area contributed by atoms with E-state index in [0.717, 1.165) is 39.1 Å². The molecule has 1 N–H and O–H groups in total. The van der Waals surface area contributed by atoms with Crippen LogP contribution in [0.15, 0.2) is 83.4 Å². The molecule has 0 amide bonds. The number of hydrogen-bond acceptors (Lipinski definition) is 3. The van der Waals surface area contributed by atoms with Crippen molar-refractivity contribution in [3.63, 3.8) is 0 Å². The van der Waals surface area contributed by atoms with Gasteiger partial charge in [-0.1, -0.05) is 41.9 Å². The summed E-state index contributed by atoms with van der Waals surface area (Å²) in [6.45, 7) is 4.08. The Labute approximate surface area is 197 Å². The first kappa shape index (κ1) is 20.7. The summed E-state index contributed by atoms with van der Waals surface area (Å²) in [5, 5.41) is 4.84. The summed E-state index contributed by atoms with van der Waals surface area (Å²) in [6, 6.07) is 23.8. The maximum Gasteiger partial charge on any atom is 0.174 e. The summed E-state index contributed by atoms with van der Waals surface area (Å²) in [5.74, 6) is 1.59. The van der Waals surface area contributed by atoms with E-state index in [-0.39, 0.29) is 12.1 Å². The van der Waals surface area contributed by atoms with Crippen LogP contribution < -0.4 is 10.2 Å². The van der Waals surface area contributed by atoms with E-state index in [4.69, 9.17) is 28.2 Å². The van der Waals surface area contributed by atoms with Crippen molar-refractivity contribution < 1.29 is 4.42 Å². The summed E-state index contributed by atoms with van der Waals surface area (Å²) in [4.78, 5) is 6.72. The van der Waals surface area contributed by atoms with E-state index in [1.807, 2.05) is 61.5 Å². The Morgan fingerprint density at radius 3 is 2.62 bits per heavy atom. The van der Waals surface area contributed by atoms with Gasteiger partial charge in [-0.15, -0.1) is 0 Å². The minimum Gasteiger partial charge on any atom is -0.459 e. The van der Waals surface area contributed by atoms with E-state index >= 15 is 0 Å². The lowest BCUT2D eigenvalue weighted by Crippen LogP contribution is -2.29. The van der Waals surface area contributed by atoms with Crippen LogP contribution in [-0.4, -0.2) is 10.1 Å². The van der Waals surface area contributed by atoms with Crippen LogP contribution in [0.25, 0.3) is 11.3 Å². The zero-order valence-corrected chi connectivity index (χ0v) is 19.3. The Balaban J connectivity index is 1.62. The van der Waals surface area contributed by atoms with Crippen molar-refractivity contribution in [3.8, 4) is 11.3 Å². The Morgan fingerprint density at radius 1 is 1.00 bits per heavy atom. The van der Waals surface area contributed by atoms with Crippen LogP contribution in [-0.2, 0) is 0 Å². The lowest BCUT2D eigenvalue weighted by Gasteiger charge is -2.26. The molecule has 4 aromatic rings. The van der Waals surface area contributed by atoms with Gasteiger partial charge < -0.3 is 14.6 Å². The van der Waals surface area contributed by atoms with Crippen LogP contribution in [0.1, 0.15) is 34.7 Å². The molecule has 1 fully saturated rings. The first-order valence-electron chi connectivity index (χ1n) is 10.5. The van der Waals surface area contributed by atoms with Gasteiger partial charge in [0.2, 0.25) is 0 Å². The van der Waals surface area contributed by atoms with E-state index in [0.29, 0.717) is 5.11 Å². The largest absolute Gasteiger partial charge is 0.459 e. The lowest BCUT2D eigenvalue weighted by atomic mass is 10.0. The molecule has 0 unspecified atom stereocenters. The quantitative estimate of drug-likeness (QED) is 0.340. The SMILES string of the molecule is Cc1cccc(N2C(=S)N[C@H](c3ccccn3)[C@@H]2c2ccc(-c3cccc(Cl)c3C)o2)c1. The van der Waals surface area contributed by atoms with E-state index in [9.17, 15) is 0 Å². The molecule has 1 aliphatic rings. The molecule has 1 saturated heterocycles. The maximum atomic E-state index is 6.44. The third-order valence-corrected chi connectivity index (χ3v) is 6.55. The first-order chi connectivity index (χ1) is 15.5. The Bertz CT molecular complexity index is 1290. The van der Waals surface area contributed by atoms with Gasteiger partial charge in [-0.05, 0) is 79.7 Å². The molecule has 0 spiro atoms. The molecule has 160 valence electrons. The van der Waals surface area contributed by atoms with Gasteiger partial charge in [-0.3, -0.25) is 4.98 Å². The number of hydrogen-bond donors (Lipinski definition) is 1. The molecule has 2 aromatic carbocycles. The molecule has 2 atom stereocenters. The smallest absolute Gasteiger partial charge is 0.174 e. The second-order valence-corrected chi connectivity index (χ2v) is 8.74. The molecule has 0 saturated carbocycles. The number of nitrogens with one attached hydrogen (secondary N) is 1. The molecular formula is C26H22ClN3OS. The van der Waals surface area contributed by atoms with Crippen LogP contribution in [0.3, 0.4) is 0 Å². The Morgan fingerprint density at radius 2 is 1.84 bits per heavy atom. The van der Waals surface area contributed by atoms with Gasteiger partial charge in [-0.25, -0.2) is 0 Å². The number of aromatic nitrogens is 1. The fourth-order valence-corrected chi connectivity index (χ4v) is 4.75. The van der Waals surface area contributed by atoms with E-state index in [2.05, 4.69) is 40.3 Å². The van der Waals surface area contributed by atoms with Crippen LogP contribution in [0.2, 0.25) is 5.02 Å². The highest BCUT2D eigenvalue weighted by Gasteiger charge is 2.42. The van der Waals surface area contributed by atoms with Crippen LogP contribution in [0, 0.1) is 13.8 Å². The number of rotatable bonds is 4. The number of halogens is 1. The molecule has 6 heteroatoms. The van der Waals surface area contributed by atoms with Crippen LogP contribution in [0.4, 0.5) is 5.69 Å². The van der Waals surface area contributed by atoms with Crippen molar-refractivity contribution >= 4 is 34.6 Å². The second kappa shape index (κ2) is 8.41. The summed E-state index contributed by atoms with van der Waals surface area (Å²) < 4.78 is 6.44. The number of benzene rings is 2. The third kappa shape index (κ3) is 3.68. The molecule has 2 aromatic heterocycles. The van der Waals surface area contributed by atoms with Crippen LogP contribution >= 0.6 is 23.8 Å². The molecule has 0 aliphatic carbocycles. The number of nitrogens with zero attached hydrogens (tertiary/aromatic N) is 2. The Hall–Kier alpha value is -3.15. The average Bonchev–Trinajstić information content (AvgIpc) is 3.41. The van der Waals surface area contributed by atoms with Crippen molar-refractivity contribution in [1.82, 2.24) is 10.3 Å². The lowest BCUT2D eigenvalue weighted by molar-refractivity contribution is 0.439. The number of thiocarbonyl (C=S) groups is 1. The van der Waals surface area contributed by atoms with E-state index < -0.39 is 0 Å². The zero-order valence-electron chi connectivity index (χ0n) is 17.7. The fraction of sp³-hybridized carbons (Fsp3) is 0.154. The summed E-state index contributed by atoms with van der Waals surface area (Å²) >= 11 is 12.1. The summed E-state index contributed by atoms with van der Waals surface area (Å²) in [7, 11) is 0. The molecule has 0 bridgehead atoms. The number of pyridine rings is 1. The van der Waals surface area contributed by atoms with E-state index in [1.54, 1.807) is 6.20 Å². The highest BCUT2D eigenvalue weighted by molar-refractivity contribution is 7.80. The Kier molecular flexibility index (Phi) is 5.45. The minimum absolute atomic E-state index is 0.149.